The van der Waals surface area contributed by atoms with E-state index in [-0.39, 0.29) is 0 Å². The van der Waals surface area contributed by atoms with Crippen molar-refractivity contribution in [3.05, 3.63) is 69.9 Å². The van der Waals surface area contributed by atoms with E-state index in [0.29, 0.717) is 11.5 Å². The molecule has 1 fully saturated rings. The fraction of sp³-hybridized carbons (Fsp3) is 0.308. The molecular formula is C26H25N5OS2. The summed E-state index contributed by atoms with van der Waals surface area (Å²) in [6.45, 7) is 4.79. The SMILES string of the molecule is CSc1nc(CN2CCC(c3nc(-c4c(-c5ccccc5)noc4C)cs3)CC2)ccc1C#N. The molecule has 0 atom stereocenters. The predicted octanol–water partition coefficient (Wildman–Crippen LogP) is 6.14. The van der Waals surface area contributed by atoms with Crippen LogP contribution >= 0.6 is 23.1 Å². The van der Waals surface area contributed by atoms with Crippen LogP contribution in [0.4, 0.5) is 0 Å². The molecule has 0 N–H and O–H groups in total. The van der Waals surface area contributed by atoms with Gasteiger partial charge in [0, 0.05) is 23.4 Å². The first-order chi connectivity index (χ1) is 16.7. The number of aromatic nitrogens is 3. The Labute approximate surface area is 207 Å². The van der Waals surface area contributed by atoms with Gasteiger partial charge in [-0.15, -0.1) is 23.1 Å². The summed E-state index contributed by atoms with van der Waals surface area (Å²) in [5, 5.41) is 17.7. The van der Waals surface area contributed by atoms with Crippen LogP contribution in [-0.2, 0) is 6.54 Å². The molecule has 1 aromatic carbocycles. The van der Waals surface area contributed by atoms with Crippen LogP contribution < -0.4 is 0 Å². The molecule has 0 amide bonds. The van der Waals surface area contributed by atoms with E-state index in [9.17, 15) is 5.26 Å². The molecule has 1 aliphatic heterocycles. The largest absolute Gasteiger partial charge is 0.360 e. The lowest BCUT2D eigenvalue weighted by Crippen LogP contribution is -2.32. The Morgan fingerprint density at radius 2 is 1.94 bits per heavy atom. The summed E-state index contributed by atoms with van der Waals surface area (Å²) in [6, 6.07) is 16.2. The molecule has 1 saturated heterocycles. The monoisotopic (exact) mass is 487 g/mol. The lowest BCUT2D eigenvalue weighted by molar-refractivity contribution is 0.202. The first-order valence-corrected chi connectivity index (χ1v) is 13.4. The summed E-state index contributed by atoms with van der Waals surface area (Å²) in [6.07, 6.45) is 4.12. The number of nitrogens with zero attached hydrogens (tertiary/aromatic N) is 5. The van der Waals surface area contributed by atoms with Gasteiger partial charge < -0.3 is 4.52 Å². The van der Waals surface area contributed by atoms with Gasteiger partial charge in [0.15, 0.2) is 0 Å². The van der Waals surface area contributed by atoms with Gasteiger partial charge in [0.25, 0.3) is 0 Å². The van der Waals surface area contributed by atoms with E-state index in [2.05, 4.69) is 38.6 Å². The highest BCUT2D eigenvalue weighted by Crippen LogP contribution is 2.38. The van der Waals surface area contributed by atoms with Gasteiger partial charge in [-0.3, -0.25) is 4.90 Å². The van der Waals surface area contributed by atoms with Crippen molar-refractivity contribution in [1.29, 1.82) is 5.26 Å². The molecule has 6 nitrogen and oxygen atoms in total. The number of nitriles is 1. The van der Waals surface area contributed by atoms with Crippen molar-refractivity contribution in [2.75, 3.05) is 19.3 Å². The first kappa shape index (κ1) is 22.8. The van der Waals surface area contributed by atoms with Crippen molar-refractivity contribution in [3.63, 3.8) is 0 Å². The Morgan fingerprint density at radius 3 is 2.68 bits per heavy atom. The zero-order valence-corrected chi connectivity index (χ0v) is 20.8. The summed E-state index contributed by atoms with van der Waals surface area (Å²) in [5.74, 6) is 1.26. The third-order valence-electron chi connectivity index (χ3n) is 6.24. The van der Waals surface area contributed by atoms with Crippen molar-refractivity contribution in [1.82, 2.24) is 20.0 Å². The molecule has 0 aliphatic carbocycles. The molecule has 4 heterocycles. The number of thioether (sulfide) groups is 1. The quantitative estimate of drug-likeness (QED) is 0.302. The van der Waals surface area contributed by atoms with Gasteiger partial charge >= 0.3 is 0 Å². The molecule has 34 heavy (non-hydrogen) atoms. The Kier molecular flexibility index (Phi) is 6.77. The Balaban J connectivity index is 1.26. The second-order valence-electron chi connectivity index (χ2n) is 8.42. The molecule has 3 aromatic heterocycles. The van der Waals surface area contributed by atoms with Crippen molar-refractivity contribution < 1.29 is 4.52 Å². The maximum atomic E-state index is 9.22. The van der Waals surface area contributed by atoms with Crippen LogP contribution in [0.5, 0.6) is 0 Å². The maximum Gasteiger partial charge on any atom is 0.143 e. The average molecular weight is 488 g/mol. The third-order valence-corrected chi connectivity index (χ3v) is 7.95. The fourth-order valence-electron chi connectivity index (χ4n) is 4.43. The molecule has 4 aromatic rings. The summed E-state index contributed by atoms with van der Waals surface area (Å²) in [4.78, 5) is 12.2. The summed E-state index contributed by atoms with van der Waals surface area (Å²) >= 11 is 3.26. The molecule has 0 bridgehead atoms. The van der Waals surface area contributed by atoms with E-state index in [1.807, 2.05) is 43.5 Å². The van der Waals surface area contributed by atoms with Crippen LogP contribution in [0, 0.1) is 18.3 Å². The lowest BCUT2D eigenvalue weighted by atomic mass is 9.97. The van der Waals surface area contributed by atoms with E-state index in [1.54, 1.807) is 11.3 Å². The van der Waals surface area contributed by atoms with Gasteiger partial charge in [-0.05, 0) is 51.2 Å². The Hall–Kier alpha value is -2.99. The van der Waals surface area contributed by atoms with Gasteiger partial charge in [0.05, 0.1) is 27.5 Å². The molecular weight excluding hydrogens is 462 g/mol. The number of hydrogen-bond acceptors (Lipinski definition) is 8. The van der Waals surface area contributed by atoms with E-state index in [4.69, 9.17) is 9.51 Å². The number of pyridine rings is 1. The normalized spacial score (nSPS) is 14.9. The highest BCUT2D eigenvalue weighted by molar-refractivity contribution is 7.98. The summed E-state index contributed by atoms with van der Waals surface area (Å²) < 4.78 is 5.54. The van der Waals surface area contributed by atoms with E-state index in [0.717, 1.165) is 71.5 Å². The third kappa shape index (κ3) is 4.64. The Morgan fingerprint density at radius 1 is 1.15 bits per heavy atom. The van der Waals surface area contributed by atoms with Crippen molar-refractivity contribution in [2.45, 2.75) is 37.3 Å². The van der Waals surface area contributed by atoms with E-state index >= 15 is 0 Å². The maximum absolute atomic E-state index is 9.22. The minimum Gasteiger partial charge on any atom is -0.360 e. The summed E-state index contributed by atoms with van der Waals surface area (Å²) in [7, 11) is 0. The minimum absolute atomic E-state index is 0.464. The number of aryl methyl sites for hydroxylation is 1. The van der Waals surface area contributed by atoms with Crippen molar-refractivity contribution >= 4 is 23.1 Å². The minimum atomic E-state index is 0.464. The number of likely N-dealkylation sites (tertiary alicyclic amines) is 1. The van der Waals surface area contributed by atoms with Gasteiger partial charge in [0.1, 0.15) is 22.5 Å². The average Bonchev–Trinajstić information content (AvgIpc) is 3.51. The van der Waals surface area contributed by atoms with Gasteiger partial charge in [-0.1, -0.05) is 35.5 Å². The van der Waals surface area contributed by atoms with Gasteiger partial charge in [-0.2, -0.15) is 5.26 Å². The smallest absolute Gasteiger partial charge is 0.143 e. The molecule has 0 saturated carbocycles. The molecule has 0 unspecified atom stereocenters. The van der Waals surface area contributed by atoms with Gasteiger partial charge in [0.2, 0.25) is 0 Å². The van der Waals surface area contributed by atoms with Crippen molar-refractivity contribution in [2.24, 2.45) is 0 Å². The van der Waals surface area contributed by atoms with E-state index < -0.39 is 0 Å². The van der Waals surface area contributed by atoms with Crippen LogP contribution in [0.2, 0.25) is 0 Å². The number of hydrogen-bond donors (Lipinski definition) is 0. The van der Waals surface area contributed by atoms with Crippen molar-refractivity contribution in [3.8, 4) is 28.6 Å². The number of piperidine rings is 1. The molecule has 8 heteroatoms. The molecule has 0 spiro atoms. The van der Waals surface area contributed by atoms with E-state index in [1.165, 1.54) is 16.8 Å². The molecule has 1 aliphatic rings. The number of rotatable bonds is 6. The number of benzene rings is 1. The standard InChI is InChI=1S/C26H25N5OS2/c1-17-23(24(30-32-17)18-6-4-3-5-7-18)22-16-34-26(29-22)19-10-12-31(13-11-19)15-21-9-8-20(14-27)25(28-21)33-2/h3-9,16,19H,10-13,15H2,1-2H3. The fourth-order valence-corrected chi connectivity index (χ4v) is 5.96. The zero-order valence-electron chi connectivity index (χ0n) is 19.2. The highest BCUT2D eigenvalue weighted by Gasteiger charge is 2.25. The predicted molar refractivity (Wildman–Crippen MR) is 136 cm³/mol. The molecule has 5 rings (SSSR count). The summed E-state index contributed by atoms with van der Waals surface area (Å²) in [5.41, 5.74) is 5.50. The Bertz CT molecular complexity index is 1320. The van der Waals surface area contributed by atoms with Crippen LogP contribution in [0.1, 0.15) is 40.8 Å². The first-order valence-electron chi connectivity index (χ1n) is 11.3. The van der Waals surface area contributed by atoms with Crippen LogP contribution in [0.15, 0.2) is 57.4 Å². The van der Waals surface area contributed by atoms with Crippen LogP contribution in [0.25, 0.3) is 22.5 Å². The van der Waals surface area contributed by atoms with Crippen LogP contribution in [-0.4, -0.2) is 39.4 Å². The topological polar surface area (TPSA) is 78.8 Å². The molecule has 172 valence electrons. The molecule has 0 radical (unpaired) electrons. The second kappa shape index (κ2) is 10.1. The zero-order chi connectivity index (χ0) is 23.5. The van der Waals surface area contributed by atoms with Gasteiger partial charge in [-0.25, -0.2) is 9.97 Å². The number of thiazole rings is 1. The highest BCUT2D eigenvalue weighted by atomic mass is 32.2. The lowest BCUT2D eigenvalue weighted by Gasteiger charge is -2.30. The second-order valence-corrected chi connectivity index (χ2v) is 10.1. The van der Waals surface area contributed by atoms with Crippen LogP contribution in [0.3, 0.4) is 0 Å².